The summed E-state index contributed by atoms with van der Waals surface area (Å²) in [6, 6.07) is 20.8. The van der Waals surface area contributed by atoms with E-state index in [0.717, 1.165) is 49.7 Å². The van der Waals surface area contributed by atoms with Gasteiger partial charge in [-0.05, 0) is 25.0 Å². The Labute approximate surface area is 172 Å². The lowest BCUT2D eigenvalue weighted by atomic mass is 10.1. The Bertz CT molecular complexity index is 957. The van der Waals surface area contributed by atoms with Crippen molar-refractivity contribution in [1.29, 1.82) is 0 Å². The molecule has 5 nitrogen and oxygen atoms in total. The number of aromatic nitrogens is 2. The van der Waals surface area contributed by atoms with E-state index in [-0.39, 0.29) is 5.91 Å². The number of hydrogen-bond acceptors (Lipinski definition) is 3. The quantitative estimate of drug-likeness (QED) is 0.672. The van der Waals surface area contributed by atoms with Gasteiger partial charge in [-0.15, -0.1) is 0 Å². The monoisotopic (exact) mass is 388 g/mol. The van der Waals surface area contributed by atoms with Gasteiger partial charge < -0.3 is 4.90 Å². The second kappa shape index (κ2) is 8.62. The first-order valence-corrected chi connectivity index (χ1v) is 10.3. The second-order valence-corrected chi connectivity index (χ2v) is 7.74. The fourth-order valence-corrected chi connectivity index (χ4v) is 4.03. The lowest BCUT2D eigenvalue weighted by Gasteiger charge is -2.34. The van der Waals surface area contributed by atoms with Crippen molar-refractivity contribution in [3.8, 4) is 0 Å². The van der Waals surface area contributed by atoms with Crippen molar-refractivity contribution in [3.05, 3.63) is 88.7 Å². The average Bonchev–Trinajstić information content (AvgIpc) is 3.02. The first-order chi connectivity index (χ1) is 14.1. The van der Waals surface area contributed by atoms with E-state index >= 15 is 0 Å². The third kappa shape index (κ3) is 4.40. The molecule has 2 aromatic carbocycles. The maximum absolute atomic E-state index is 13.2. The normalized spacial score (nSPS) is 14.9. The van der Waals surface area contributed by atoms with Crippen LogP contribution in [0.25, 0.3) is 0 Å². The van der Waals surface area contributed by atoms with Crippen LogP contribution in [0, 0.1) is 13.8 Å². The van der Waals surface area contributed by atoms with E-state index in [1.54, 1.807) is 0 Å². The molecular formula is C24H28N4O. The van der Waals surface area contributed by atoms with E-state index in [2.05, 4.69) is 46.4 Å². The first kappa shape index (κ1) is 19.4. The van der Waals surface area contributed by atoms with E-state index < -0.39 is 0 Å². The molecular weight excluding hydrogens is 360 g/mol. The predicted molar refractivity (Wildman–Crippen MR) is 115 cm³/mol. The Morgan fingerprint density at radius 2 is 1.38 bits per heavy atom. The average molecular weight is 389 g/mol. The van der Waals surface area contributed by atoms with Crippen LogP contribution in [-0.4, -0.2) is 51.7 Å². The number of rotatable bonds is 5. The lowest BCUT2D eigenvalue weighted by molar-refractivity contribution is 0.0627. The molecule has 150 valence electrons. The van der Waals surface area contributed by atoms with E-state index in [4.69, 9.17) is 0 Å². The Morgan fingerprint density at radius 1 is 0.828 bits per heavy atom. The minimum atomic E-state index is 0.110. The molecule has 29 heavy (non-hydrogen) atoms. The van der Waals surface area contributed by atoms with Crippen LogP contribution >= 0.6 is 0 Å². The number of piperazine rings is 1. The van der Waals surface area contributed by atoms with Crippen molar-refractivity contribution in [3.63, 3.8) is 0 Å². The highest BCUT2D eigenvalue weighted by Crippen LogP contribution is 2.19. The van der Waals surface area contributed by atoms with Crippen molar-refractivity contribution in [1.82, 2.24) is 19.6 Å². The van der Waals surface area contributed by atoms with Crippen molar-refractivity contribution >= 4 is 5.91 Å². The zero-order valence-corrected chi connectivity index (χ0v) is 17.2. The molecule has 0 aliphatic carbocycles. The summed E-state index contributed by atoms with van der Waals surface area (Å²) in [5.41, 5.74) is 5.03. The first-order valence-electron chi connectivity index (χ1n) is 10.3. The number of carbonyl (C=O) groups is 1. The zero-order valence-electron chi connectivity index (χ0n) is 17.2. The smallest absolute Gasteiger partial charge is 0.257 e. The van der Waals surface area contributed by atoms with E-state index in [1.807, 2.05) is 47.7 Å². The van der Waals surface area contributed by atoms with Gasteiger partial charge in [0.25, 0.3) is 5.91 Å². The topological polar surface area (TPSA) is 41.4 Å². The molecule has 3 aromatic rings. The highest BCUT2D eigenvalue weighted by atomic mass is 16.2. The highest BCUT2D eigenvalue weighted by molar-refractivity contribution is 5.96. The summed E-state index contributed by atoms with van der Waals surface area (Å²) < 4.78 is 1.95. The molecule has 1 aromatic heterocycles. The maximum atomic E-state index is 13.2. The van der Waals surface area contributed by atoms with Gasteiger partial charge in [-0.2, -0.15) is 5.10 Å². The minimum Gasteiger partial charge on any atom is -0.336 e. The number of benzene rings is 2. The van der Waals surface area contributed by atoms with Crippen LogP contribution < -0.4 is 0 Å². The molecule has 0 radical (unpaired) electrons. The van der Waals surface area contributed by atoms with Crippen LogP contribution in [0.1, 0.15) is 32.9 Å². The molecule has 0 atom stereocenters. The van der Waals surface area contributed by atoms with Gasteiger partial charge in [0.2, 0.25) is 0 Å². The Hall–Kier alpha value is -2.92. The van der Waals surface area contributed by atoms with Crippen LogP contribution in [0.3, 0.4) is 0 Å². The third-order valence-electron chi connectivity index (χ3n) is 5.68. The Morgan fingerprint density at radius 3 is 1.97 bits per heavy atom. The number of carbonyl (C=O) groups excluding carboxylic acids is 1. The molecule has 0 spiro atoms. The fraction of sp³-hybridized carbons (Fsp3) is 0.333. The van der Waals surface area contributed by atoms with Gasteiger partial charge in [-0.25, -0.2) is 0 Å². The number of hydrogen-bond donors (Lipinski definition) is 0. The van der Waals surface area contributed by atoms with E-state index in [1.165, 1.54) is 11.1 Å². The number of nitrogens with zero attached hydrogens (tertiary/aromatic N) is 4. The SMILES string of the molecule is Cc1nn(Cc2ccccc2)c(C)c1C(=O)N1CCN(Cc2ccccc2)CC1. The summed E-state index contributed by atoms with van der Waals surface area (Å²) in [5.74, 6) is 0.110. The summed E-state index contributed by atoms with van der Waals surface area (Å²) in [6.45, 7) is 8.88. The van der Waals surface area contributed by atoms with Crippen LogP contribution in [0.4, 0.5) is 0 Å². The summed E-state index contributed by atoms with van der Waals surface area (Å²) in [4.78, 5) is 17.6. The summed E-state index contributed by atoms with van der Waals surface area (Å²) in [7, 11) is 0. The molecule has 0 N–H and O–H groups in total. The van der Waals surface area contributed by atoms with Gasteiger partial charge in [0, 0.05) is 38.4 Å². The van der Waals surface area contributed by atoms with Crippen LogP contribution in [-0.2, 0) is 13.1 Å². The number of amides is 1. The van der Waals surface area contributed by atoms with Crippen molar-refractivity contribution in [2.24, 2.45) is 0 Å². The molecule has 0 unspecified atom stereocenters. The van der Waals surface area contributed by atoms with Gasteiger partial charge in [0.05, 0.1) is 17.8 Å². The van der Waals surface area contributed by atoms with Gasteiger partial charge in [-0.3, -0.25) is 14.4 Å². The van der Waals surface area contributed by atoms with Crippen LogP contribution in [0.5, 0.6) is 0 Å². The second-order valence-electron chi connectivity index (χ2n) is 7.74. The Kier molecular flexibility index (Phi) is 5.76. The van der Waals surface area contributed by atoms with Gasteiger partial charge in [0.15, 0.2) is 0 Å². The molecule has 0 saturated carbocycles. The van der Waals surface area contributed by atoms with Gasteiger partial charge in [0.1, 0.15) is 0 Å². The lowest BCUT2D eigenvalue weighted by Crippen LogP contribution is -2.48. The number of aryl methyl sites for hydroxylation is 1. The zero-order chi connectivity index (χ0) is 20.2. The van der Waals surface area contributed by atoms with Gasteiger partial charge >= 0.3 is 0 Å². The molecule has 1 fully saturated rings. The van der Waals surface area contributed by atoms with Gasteiger partial charge in [-0.1, -0.05) is 60.7 Å². The molecule has 4 rings (SSSR count). The largest absolute Gasteiger partial charge is 0.336 e. The third-order valence-corrected chi connectivity index (χ3v) is 5.68. The van der Waals surface area contributed by atoms with Crippen molar-refractivity contribution < 1.29 is 4.79 Å². The summed E-state index contributed by atoms with van der Waals surface area (Å²) in [6.07, 6.45) is 0. The Balaban J connectivity index is 1.41. The standard InChI is InChI=1S/C24H28N4O/c1-19-23(20(2)28(25-19)18-22-11-7-4-8-12-22)24(29)27-15-13-26(14-16-27)17-21-9-5-3-6-10-21/h3-12H,13-18H2,1-2H3. The van der Waals surface area contributed by atoms with Crippen molar-refractivity contribution in [2.45, 2.75) is 26.9 Å². The van der Waals surface area contributed by atoms with Crippen LogP contribution in [0.15, 0.2) is 60.7 Å². The predicted octanol–water partition coefficient (Wildman–Crippen LogP) is 3.51. The molecule has 1 amide bonds. The minimum absolute atomic E-state index is 0.110. The van der Waals surface area contributed by atoms with Crippen LogP contribution in [0.2, 0.25) is 0 Å². The molecule has 1 aliphatic rings. The van der Waals surface area contributed by atoms with E-state index in [9.17, 15) is 4.79 Å². The summed E-state index contributed by atoms with van der Waals surface area (Å²) >= 11 is 0. The molecule has 2 heterocycles. The fourth-order valence-electron chi connectivity index (χ4n) is 4.03. The van der Waals surface area contributed by atoms with Crippen molar-refractivity contribution in [2.75, 3.05) is 26.2 Å². The molecule has 5 heteroatoms. The maximum Gasteiger partial charge on any atom is 0.257 e. The summed E-state index contributed by atoms with van der Waals surface area (Å²) in [5, 5.41) is 4.65. The highest BCUT2D eigenvalue weighted by Gasteiger charge is 2.27. The molecule has 1 aliphatic heterocycles. The molecule has 1 saturated heterocycles. The van der Waals surface area contributed by atoms with E-state index in [0.29, 0.717) is 6.54 Å². The molecule has 0 bridgehead atoms.